The van der Waals surface area contributed by atoms with E-state index in [2.05, 4.69) is 50.8 Å². The molecule has 3 fully saturated rings. The summed E-state index contributed by atoms with van der Waals surface area (Å²) in [4.78, 5) is 26.9. The van der Waals surface area contributed by atoms with Gasteiger partial charge in [-0.3, -0.25) is 4.79 Å². The van der Waals surface area contributed by atoms with Crippen molar-refractivity contribution in [2.24, 2.45) is 0 Å². The fraction of sp³-hybridized carbons (Fsp3) is 0.645. The largest absolute Gasteiger partial charge is 0.370 e. The van der Waals surface area contributed by atoms with Crippen molar-refractivity contribution >= 4 is 15.9 Å². The number of likely N-dealkylation sites (tertiary alicyclic amines) is 2. The number of rotatable bonds is 8. The minimum atomic E-state index is -3.17. The van der Waals surface area contributed by atoms with E-state index in [4.69, 9.17) is 4.74 Å². The molecule has 9 nitrogen and oxygen atoms in total. The Bertz CT molecular complexity index is 1290. The number of nitrogens with one attached hydrogen (secondary N) is 1. The van der Waals surface area contributed by atoms with Crippen LogP contribution in [0.15, 0.2) is 30.6 Å². The molecule has 3 aliphatic rings. The number of nitrogens with zero attached hydrogens (tertiary/aromatic N) is 4. The van der Waals surface area contributed by atoms with Crippen molar-refractivity contribution in [3.63, 3.8) is 0 Å². The molecule has 0 aliphatic carbocycles. The maximum Gasteiger partial charge on any atom is 0.272 e. The van der Waals surface area contributed by atoms with Gasteiger partial charge in [0.1, 0.15) is 12.0 Å². The summed E-state index contributed by atoms with van der Waals surface area (Å²) >= 11 is 0. The first kappa shape index (κ1) is 30.1. The van der Waals surface area contributed by atoms with Crippen LogP contribution in [0.5, 0.6) is 0 Å². The third kappa shape index (κ3) is 7.91. The van der Waals surface area contributed by atoms with Gasteiger partial charge in [0.25, 0.3) is 5.91 Å². The molecule has 2 atom stereocenters. The number of amides is 1. The molecular weight excluding hydrogens is 538 g/mol. The van der Waals surface area contributed by atoms with E-state index in [1.807, 2.05) is 11.8 Å². The van der Waals surface area contributed by atoms with Crippen LogP contribution in [0.3, 0.4) is 0 Å². The molecule has 2 aromatic rings. The number of piperidine rings is 2. The number of sulfonamides is 1. The maximum atomic E-state index is 13.5. The van der Waals surface area contributed by atoms with Crippen molar-refractivity contribution in [2.75, 3.05) is 32.4 Å². The molecule has 0 spiro atoms. The van der Waals surface area contributed by atoms with E-state index < -0.39 is 10.0 Å². The number of hydrogen-bond acceptors (Lipinski definition) is 7. The van der Waals surface area contributed by atoms with Crippen molar-refractivity contribution < 1.29 is 17.9 Å². The summed E-state index contributed by atoms with van der Waals surface area (Å²) in [6, 6.07) is 9.12. The maximum absolute atomic E-state index is 13.5. The third-order valence-electron chi connectivity index (χ3n) is 9.07. The molecule has 1 aromatic heterocycles. The van der Waals surface area contributed by atoms with E-state index in [1.54, 1.807) is 0 Å². The minimum absolute atomic E-state index is 0.00554. The first-order valence-electron chi connectivity index (χ1n) is 15.2. The third-order valence-corrected chi connectivity index (χ3v) is 9.83. The number of carbonyl (C=O) groups is 1. The monoisotopic (exact) mass is 583 g/mol. The summed E-state index contributed by atoms with van der Waals surface area (Å²) in [6.45, 7) is 7.27. The highest BCUT2D eigenvalue weighted by atomic mass is 32.2. The zero-order valence-electron chi connectivity index (χ0n) is 24.7. The van der Waals surface area contributed by atoms with Crippen LogP contribution in [-0.2, 0) is 21.2 Å². The van der Waals surface area contributed by atoms with Gasteiger partial charge < -0.3 is 14.5 Å². The predicted octanol–water partition coefficient (Wildman–Crippen LogP) is 3.95. The Hall–Kier alpha value is -2.40. The van der Waals surface area contributed by atoms with Gasteiger partial charge >= 0.3 is 0 Å². The molecule has 0 bridgehead atoms. The number of aromatic nitrogens is 2. The lowest BCUT2D eigenvalue weighted by Gasteiger charge is -2.41. The van der Waals surface area contributed by atoms with Crippen molar-refractivity contribution in [2.45, 2.75) is 95.9 Å². The first-order valence-corrected chi connectivity index (χ1v) is 17.1. The fourth-order valence-electron chi connectivity index (χ4n) is 6.66. The molecule has 10 heteroatoms. The molecule has 3 saturated heterocycles. The van der Waals surface area contributed by atoms with Crippen molar-refractivity contribution in [1.29, 1.82) is 0 Å². The Morgan fingerprint density at radius 3 is 2.37 bits per heavy atom. The van der Waals surface area contributed by atoms with Crippen LogP contribution in [-0.4, -0.2) is 84.7 Å². The Kier molecular flexibility index (Phi) is 9.74. The molecule has 0 saturated carbocycles. The number of hydrogen-bond donors (Lipinski definition) is 1. The Labute approximate surface area is 245 Å². The molecule has 4 heterocycles. The van der Waals surface area contributed by atoms with E-state index in [0.29, 0.717) is 24.8 Å². The predicted molar refractivity (Wildman–Crippen MR) is 159 cm³/mol. The van der Waals surface area contributed by atoms with Gasteiger partial charge in [0.2, 0.25) is 10.0 Å². The Morgan fingerprint density at radius 2 is 1.68 bits per heavy atom. The number of carbonyl (C=O) groups excluding carboxylic acids is 1. The zero-order valence-corrected chi connectivity index (χ0v) is 25.5. The first-order chi connectivity index (χ1) is 19.7. The van der Waals surface area contributed by atoms with E-state index >= 15 is 0 Å². The van der Waals surface area contributed by atoms with E-state index in [9.17, 15) is 13.2 Å². The van der Waals surface area contributed by atoms with Crippen molar-refractivity contribution in [1.82, 2.24) is 24.5 Å². The van der Waals surface area contributed by atoms with Crippen LogP contribution in [0.25, 0.3) is 0 Å². The summed E-state index contributed by atoms with van der Waals surface area (Å²) in [5, 5.41) is 0. The van der Waals surface area contributed by atoms with Gasteiger partial charge in [-0.05, 0) is 90.3 Å². The molecule has 3 aliphatic heterocycles. The molecule has 41 heavy (non-hydrogen) atoms. The summed E-state index contributed by atoms with van der Waals surface area (Å²) in [7, 11) is -3.17. The van der Waals surface area contributed by atoms with Gasteiger partial charge in [0, 0.05) is 36.4 Å². The van der Waals surface area contributed by atoms with Crippen LogP contribution in [0, 0.1) is 13.8 Å². The fourth-order valence-corrected chi connectivity index (χ4v) is 7.50. The van der Waals surface area contributed by atoms with Crippen molar-refractivity contribution in [3.8, 4) is 0 Å². The number of aryl methyl sites for hydroxylation is 2. The van der Waals surface area contributed by atoms with E-state index in [0.717, 1.165) is 82.1 Å². The molecule has 0 unspecified atom stereocenters. The summed E-state index contributed by atoms with van der Waals surface area (Å²) in [5.41, 5.74) is 4.85. The van der Waals surface area contributed by atoms with Gasteiger partial charge in [-0.15, -0.1) is 0 Å². The van der Waals surface area contributed by atoms with Gasteiger partial charge in [0.15, 0.2) is 0 Å². The molecule has 0 radical (unpaired) electrons. The SMILES string of the molecule is Cc1ccc([C@@H]2CCC[C@H](CCc3ncnc(C(=O)N4CCC(N5CCC(NS(C)(=O)=O)CC5)CC4)c3C)O2)cc1. The topological polar surface area (TPSA) is 105 Å². The second-order valence-electron chi connectivity index (χ2n) is 12.1. The lowest BCUT2D eigenvalue weighted by atomic mass is 9.95. The summed E-state index contributed by atoms with van der Waals surface area (Å²) < 4.78 is 32.3. The number of ether oxygens (including phenoxy) is 1. The second-order valence-corrected chi connectivity index (χ2v) is 13.9. The lowest BCUT2D eigenvalue weighted by molar-refractivity contribution is -0.0547. The average molecular weight is 584 g/mol. The highest BCUT2D eigenvalue weighted by molar-refractivity contribution is 7.88. The Morgan fingerprint density at radius 1 is 0.976 bits per heavy atom. The smallest absolute Gasteiger partial charge is 0.272 e. The second kappa shape index (κ2) is 13.3. The highest BCUT2D eigenvalue weighted by Gasteiger charge is 2.32. The standard InChI is InChI=1S/C31H45N5O4S/c1-22-7-9-24(10-8-22)29-6-4-5-27(40-29)11-12-28-23(2)30(33-21-32-28)31(37)36-19-15-26(16-20-36)35-17-13-25(14-18-35)34-41(3,38)39/h7-10,21,25-27,29,34H,4-6,11-20H2,1-3H3/t27-,29+/m1/s1. The van der Waals surface area contributed by atoms with Crippen LogP contribution in [0.1, 0.15) is 90.3 Å². The quantitative estimate of drug-likeness (QED) is 0.502. The van der Waals surface area contributed by atoms with Gasteiger partial charge in [-0.25, -0.2) is 23.1 Å². The molecular formula is C31H45N5O4S. The molecule has 1 N–H and O–H groups in total. The lowest BCUT2D eigenvalue weighted by Crippen LogP contribution is -2.51. The molecule has 5 rings (SSSR count). The van der Waals surface area contributed by atoms with E-state index in [1.165, 1.54) is 23.7 Å². The van der Waals surface area contributed by atoms with Crippen LogP contribution >= 0.6 is 0 Å². The van der Waals surface area contributed by atoms with Crippen molar-refractivity contribution in [3.05, 3.63) is 58.7 Å². The van der Waals surface area contributed by atoms with Crippen LogP contribution < -0.4 is 4.72 Å². The van der Waals surface area contributed by atoms with Gasteiger partial charge in [-0.1, -0.05) is 29.8 Å². The van der Waals surface area contributed by atoms with E-state index in [-0.39, 0.29) is 24.2 Å². The minimum Gasteiger partial charge on any atom is -0.370 e. The van der Waals surface area contributed by atoms with Gasteiger partial charge in [0.05, 0.1) is 18.5 Å². The highest BCUT2D eigenvalue weighted by Crippen LogP contribution is 2.33. The summed E-state index contributed by atoms with van der Waals surface area (Å²) in [6.07, 6.45) is 11.5. The normalized spacial score (nSPS) is 23.5. The molecule has 1 aromatic carbocycles. The van der Waals surface area contributed by atoms with Gasteiger partial charge in [-0.2, -0.15) is 0 Å². The number of benzene rings is 1. The Balaban J connectivity index is 1.11. The molecule has 224 valence electrons. The van der Waals surface area contributed by atoms with Crippen LogP contribution in [0.2, 0.25) is 0 Å². The van der Waals surface area contributed by atoms with Crippen LogP contribution in [0.4, 0.5) is 0 Å². The molecule has 1 amide bonds. The zero-order chi connectivity index (χ0) is 29.0. The average Bonchev–Trinajstić information content (AvgIpc) is 2.96. The summed E-state index contributed by atoms with van der Waals surface area (Å²) in [5.74, 6) is -0.00554.